The van der Waals surface area contributed by atoms with E-state index in [1.165, 1.54) is 0 Å². The Kier molecular flexibility index (Phi) is 4.53. The predicted octanol–water partition coefficient (Wildman–Crippen LogP) is 3.39. The molecule has 2 aromatic carbocycles. The molecule has 5 nitrogen and oxygen atoms in total. The molecule has 0 bridgehead atoms. The van der Waals surface area contributed by atoms with Gasteiger partial charge in [-0.3, -0.25) is 4.79 Å². The van der Waals surface area contributed by atoms with E-state index >= 15 is 0 Å². The Morgan fingerprint density at radius 1 is 1.12 bits per heavy atom. The van der Waals surface area contributed by atoms with E-state index in [0.29, 0.717) is 25.1 Å². The van der Waals surface area contributed by atoms with Crippen LogP contribution >= 0.6 is 11.3 Å². The van der Waals surface area contributed by atoms with Gasteiger partial charge in [0.1, 0.15) is 10.0 Å². The molecule has 1 saturated heterocycles. The van der Waals surface area contributed by atoms with E-state index < -0.39 is 6.10 Å². The molecular weight excluding hydrogens is 346 g/mol. The van der Waals surface area contributed by atoms with Crippen molar-refractivity contribution in [3.05, 3.63) is 59.1 Å². The number of rotatable bonds is 3. The number of aryl methyl sites for hydroxylation is 1. The Morgan fingerprint density at radius 3 is 2.46 bits per heavy atom. The SMILES string of the molecule is Cc1nnc(-c2ccccc2-c2ccc(C(=O)N3CC[C@@H](O)C3)cc2)s1. The van der Waals surface area contributed by atoms with Crippen molar-refractivity contribution in [1.82, 2.24) is 15.1 Å². The average Bonchev–Trinajstić information content (AvgIpc) is 3.30. The molecular formula is C20H19N3O2S. The van der Waals surface area contributed by atoms with Crippen LogP contribution in [-0.4, -0.2) is 45.3 Å². The number of aromatic nitrogens is 2. The fraction of sp³-hybridized carbons (Fsp3) is 0.250. The van der Waals surface area contributed by atoms with E-state index in [0.717, 1.165) is 26.7 Å². The lowest BCUT2D eigenvalue weighted by molar-refractivity contribution is 0.0765. The van der Waals surface area contributed by atoms with Gasteiger partial charge in [-0.15, -0.1) is 10.2 Å². The van der Waals surface area contributed by atoms with Gasteiger partial charge in [0.15, 0.2) is 0 Å². The lowest BCUT2D eigenvalue weighted by Gasteiger charge is -2.16. The molecule has 1 aromatic heterocycles. The standard InChI is InChI=1S/C20H19N3O2S/c1-13-21-22-19(26-13)18-5-3-2-4-17(18)14-6-8-15(9-7-14)20(25)23-11-10-16(24)12-23/h2-9,16,24H,10-12H2,1H3/t16-/m1/s1. The van der Waals surface area contributed by atoms with Crippen LogP contribution in [0.5, 0.6) is 0 Å². The van der Waals surface area contributed by atoms with Crippen molar-refractivity contribution in [2.45, 2.75) is 19.4 Å². The van der Waals surface area contributed by atoms with Crippen molar-refractivity contribution in [2.75, 3.05) is 13.1 Å². The number of benzene rings is 2. The summed E-state index contributed by atoms with van der Waals surface area (Å²) in [4.78, 5) is 14.2. The van der Waals surface area contributed by atoms with E-state index in [2.05, 4.69) is 16.3 Å². The normalized spacial score (nSPS) is 16.8. The van der Waals surface area contributed by atoms with Crippen molar-refractivity contribution in [2.24, 2.45) is 0 Å². The zero-order chi connectivity index (χ0) is 18.1. The molecule has 1 amide bonds. The molecule has 132 valence electrons. The molecule has 0 radical (unpaired) electrons. The van der Waals surface area contributed by atoms with Gasteiger partial charge in [-0.05, 0) is 36.6 Å². The van der Waals surface area contributed by atoms with E-state index in [9.17, 15) is 9.90 Å². The van der Waals surface area contributed by atoms with Crippen LogP contribution in [0.4, 0.5) is 0 Å². The Morgan fingerprint density at radius 2 is 1.85 bits per heavy atom. The summed E-state index contributed by atoms with van der Waals surface area (Å²) in [6, 6.07) is 15.7. The first-order valence-electron chi connectivity index (χ1n) is 8.59. The van der Waals surface area contributed by atoms with Gasteiger partial charge in [-0.1, -0.05) is 47.7 Å². The van der Waals surface area contributed by atoms with Crippen molar-refractivity contribution in [1.29, 1.82) is 0 Å². The number of hydrogen-bond acceptors (Lipinski definition) is 5. The summed E-state index contributed by atoms with van der Waals surface area (Å²) >= 11 is 1.57. The van der Waals surface area contributed by atoms with E-state index in [4.69, 9.17) is 0 Å². The number of likely N-dealkylation sites (tertiary alicyclic amines) is 1. The highest BCUT2D eigenvalue weighted by Gasteiger charge is 2.25. The summed E-state index contributed by atoms with van der Waals surface area (Å²) in [6.45, 7) is 2.97. The minimum absolute atomic E-state index is 0.0267. The minimum Gasteiger partial charge on any atom is -0.391 e. The number of carbonyl (C=O) groups excluding carboxylic acids is 1. The van der Waals surface area contributed by atoms with Crippen molar-refractivity contribution >= 4 is 17.2 Å². The maximum atomic E-state index is 12.5. The van der Waals surface area contributed by atoms with Crippen LogP contribution in [0.25, 0.3) is 21.7 Å². The molecule has 0 unspecified atom stereocenters. The summed E-state index contributed by atoms with van der Waals surface area (Å²) in [5, 5.41) is 19.8. The molecule has 1 aliphatic rings. The smallest absolute Gasteiger partial charge is 0.253 e. The highest BCUT2D eigenvalue weighted by Crippen LogP contribution is 2.33. The Labute approximate surface area is 155 Å². The first-order chi connectivity index (χ1) is 12.6. The minimum atomic E-state index is -0.402. The monoisotopic (exact) mass is 365 g/mol. The highest BCUT2D eigenvalue weighted by atomic mass is 32.1. The third kappa shape index (κ3) is 3.25. The van der Waals surface area contributed by atoms with E-state index in [1.807, 2.05) is 49.4 Å². The molecule has 1 aliphatic heterocycles. The van der Waals surface area contributed by atoms with Crippen LogP contribution in [0.3, 0.4) is 0 Å². The molecule has 1 N–H and O–H groups in total. The van der Waals surface area contributed by atoms with E-state index in [1.54, 1.807) is 16.2 Å². The number of amides is 1. The Hall–Kier alpha value is -2.57. The topological polar surface area (TPSA) is 66.3 Å². The van der Waals surface area contributed by atoms with Crippen LogP contribution < -0.4 is 0 Å². The number of hydrogen-bond donors (Lipinski definition) is 1. The van der Waals surface area contributed by atoms with Crippen molar-refractivity contribution < 1.29 is 9.90 Å². The van der Waals surface area contributed by atoms with Crippen LogP contribution in [0, 0.1) is 6.92 Å². The molecule has 0 spiro atoms. The average molecular weight is 365 g/mol. The van der Waals surface area contributed by atoms with Gasteiger partial charge < -0.3 is 10.0 Å². The van der Waals surface area contributed by atoms with Crippen LogP contribution in [-0.2, 0) is 0 Å². The largest absolute Gasteiger partial charge is 0.391 e. The molecule has 3 aromatic rings. The van der Waals surface area contributed by atoms with Crippen LogP contribution in [0.2, 0.25) is 0 Å². The van der Waals surface area contributed by atoms with E-state index in [-0.39, 0.29) is 5.91 Å². The Balaban J connectivity index is 1.63. The molecule has 1 atom stereocenters. The summed E-state index contributed by atoms with van der Waals surface area (Å²) in [5.74, 6) is -0.0267. The summed E-state index contributed by atoms with van der Waals surface area (Å²) in [6.07, 6.45) is 0.249. The third-order valence-electron chi connectivity index (χ3n) is 4.58. The van der Waals surface area contributed by atoms with Gasteiger partial charge in [0.2, 0.25) is 0 Å². The molecule has 0 aliphatic carbocycles. The number of β-amino-alcohol motifs (C(OH)–C–C–N with tert-alkyl or cyclic N) is 1. The lowest BCUT2D eigenvalue weighted by atomic mass is 9.99. The Bertz CT molecular complexity index is 936. The molecule has 1 fully saturated rings. The number of nitrogens with zero attached hydrogens (tertiary/aromatic N) is 3. The first-order valence-corrected chi connectivity index (χ1v) is 9.41. The lowest BCUT2D eigenvalue weighted by Crippen LogP contribution is -2.29. The van der Waals surface area contributed by atoms with Crippen LogP contribution in [0.15, 0.2) is 48.5 Å². The zero-order valence-electron chi connectivity index (χ0n) is 14.4. The summed E-state index contributed by atoms with van der Waals surface area (Å²) in [7, 11) is 0. The number of aliphatic hydroxyl groups excluding tert-OH is 1. The summed E-state index contributed by atoms with van der Waals surface area (Å²) < 4.78 is 0. The second kappa shape index (κ2) is 6.97. The van der Waals surface area contributed by atoms with Crippen molar-refractivity contribution in [3.8, 4) is 21.7 Å². The van der Waals surface area contributed by atoms with Gasteiger partial charge in [-0.25, -0.2) is 0 Å². The molecule has 6 heteroatoms. The number of aliphatic hydroxyl groups is 1. The fourth-order valence-electron chi connectivity index (χ4n) is 3.23. The van der Waals surface area contributed by atoms with Gasteiger partial charge in [-0.2, -0.15) is 0 Å². The van der Waals surface area contributed by atoms with Gasteiger partial charge >= 0.3 is 0 Å². The van der Waals surface area contributed by atoms with Crippen LogP contribution in [0.1, 0.15) is 21.8 Å². The summed E-state index contributed by atoms with van der Waals surface area (Å²) in [5.41, 5.74) is 3.79. The molecule has 26 heavy (non-hydrogen) atoms. The maximum absolute atomic E-state index is 12.5. The van der Waals surface area contributed by atoms with Crippen molar-refractivity contribution in [3.63, 3.8) is 0 Å². The second-order valence-electron chi connectivity index (χ2n) is 6.44. The maximum Gasteiger partial charge on any atom is 0.253 e. The van der Waals surface area contributed by atoms with Gasteiger partial charge in [0.05, 0.1) is 6.10 Å². The highest BCUT2D eigenvalue weighted by molar-refractivity contribution is 7.14. The molecule has 0 saturated carbocycles. The van der Waals surface area contributed by atoms with Gasteiger partial charge in [0.25, 0.3) is 5.91 Å². The quantitative estimate of drug-likeness (QED) is 0.773. The fourth-order valence-corrected chi connectivity index (χ4v) is 3.96. The molecule has 2 heterocycles. The number of carbonyl (C=O) groups is 1. The van der Waals surface area contributed by atoms with Gasteiger partial charge in [0, 0.05) is 24.2 Å². The first kappa shape index (κ1) is 16.9. The third-order valence-corrected chi connectivity index (χ3v) is 5.45. The predicted molar refractivity (Wildman–Crippen MR) is 102 cm³/mol. The molecule has 4 rings (SSSR count). The zero-order valence-corrected chi connectivity index (χ0v) is 15.2. The second-order valence-corrected chi connectivity index (χ2v) is 7.62.